The molecule has 0 bridgehead atoms. The molecular weight excluding hydrogens is 451 g/mol. The van der Waals surface area contributed by atoms with Crippen LogP contribution in [-0.2, 0) is 16.0 Å². The van der Waals surface area contributed by atoms with E-state index in [0.717, 1.165) is 17.5 Å². The number of nitrogens with zero attached hydrogens (tertiary/aromatic N) is 2. The second-order valence-electron chi connectivity index (χ2n) is 8.05. The Labute approximate surface area is 193 Å². The summed E-state index contributed by atoms with van der Waals surface area (Å²) in [4.78, 5) is 39.4. The fraction of sp³-hybridized carbons (Fsp3) is 0.292. The molecule has 7 nitrogen and oxygen atoms in total. The lowest BCUT2D eigenvalue weighted by Crippen LogP contribution is -2.43. The molecule has 1 atom stereocenters. The molecule has 0 spiro atoms. The van der Waals surface area contributed by atoms with Crippen LogP contribution < -0.4 is 10.1 Å². The highest BCUT2D eigenvalue weighted by Gasteiger charge is 2.35. The number of para-hydroxylation sites is 1. The SMILES string of the molecule is CC(=O)n1cc(CC(=O)N2CCC[C@H]2C(=O)Nc2cccc(OC(F)(F)F)c2)c2ccccc21. The lowest BCUT2D eigenvalue weighted by molar-refractivity contribution is -0.274. The number of benzene rings is 2. The predicted octanol–water partition coefficient (Wildman–Crippen LogP) is 4.37. The molecule has 1 fully saturated rings. The van der Waals surface area contributed by atoms with E-state index < -0.39 is 24.1 Å². The zero-order valence-electron chi connectivity index (χ0n) is 18.3. The van der Waals surface area contributed by atoms with Gasteiger partial charge in [-0.15, -0.1) is 13.2 Å². The third kappa shape index (κ3) is 5.05. The fourth-order valence-corrected chi connectivity index (χ4v) is 4.25. The van der Waals surface area contributed by atoms with Crippen molar-refractivity contribution in [2.75, 3.05) is 11.9 Å². The summed E-state index contributed by atoms with van der Waals surface area (Å²) in [6, 6.07) is 11.5. The molecule has 178 valence electrons. The molecule has 1 aliphatic rings. The van der Waals surface area contributed by atoms with Gasteiger partial charge in [0.25, 0.3) is 0 Å². The molecule has 1 N–H and O–H groups in total. The van der Waals surface area contributed by atoms with Crippen LogP contribution in [0.5, 0.6) is 5.75 Å². The maximum Gasteiger partial charge on any atom is 0.573 e. The zero-order valence-corrected chi connectivity index (χ0v) is 18.3. The third-order valence-electron chi connectivity index (χ3n) is 5.69. The van der Waals surface area contributed by atoms with Gasteiger partial charge in [-0.2, -0.15) is 0 Å². The summed E-state index contributed by atoms with van der Waals surface area (Å²) in [5, 5.41) is 3.36. The van der Waals surface area contributed by atoms with Crippen molar-refractivity contribution in [3.05, 3.63) is 60.3 Å². The largest absolute Gasteiger partial charge is 0.573 e. The molecule has 2 amide bonds. The Morgan fingerprint density at radius 3 is 2.62 bits per heavy atom. The summed E-state index contributed by atoms with van der Waals surface area (Å²) in [6.07, 6.45) is -2.13. The number of carbonyl (C=O) groups is 3. The first kappa shape index (κ1) is 23.3. The highest BCUT2D eigenvalue weighted by Crippen LogP contribution is 2.27. The van der Waals surface area contributed by atoms with Crippen molar-refractivity contribution in [1.82, 2.24) is 9.47 Å². The number of hydrogen-bond acceptors (Lipinski definition) is 4. The van der Waals surface area contributed by atoms with Gasteiger partial charge in [0.05, 0.1) is 11.9 Å². The number of aromatic nitrogens is 1. The molecule has 3 aromatic rings. The standard InChI is InChI=1S/C24H22F3N3O4/c1-15(31)30-14-16(19-8-2-3-9-20(19)30)12-22(32)29-11-5-10-21(29)23(33)28-17-6-4-7-18(13-17)34-24(25,26)27/h2-4,6-9,13-14,21H,5,10-12H2,1H3,(H,28,33)/t21-/m0/s1. The first-order valence-corrected chi connectivity index (χ1v) is 10.7. The number of alkyl halides is 3. The molecule has 34 heavy (non-hydrogen) atoms. The lowest BCUT2D eigenvalue weighted by Gasteiger charge is -2.24. The van der Waals surface area contributed by atoms with E-state index in [1.165, 1.54) is 28.5 Å². The average molecular weight is 473 g/mol. The van der Waals surface area contributed by atoms with Crippen molar-refractivity contribution >= 4 is 34.3 Å². The number of amides is 2. The number of rotatable bonds is 5. The van der Waals surface area contributed by atoms with Gasteiger partial charge in [-0.3, -0.25) is 19.0 Å². The van der Waals surface area contributed by atoms with Gasteiger partial charge in [0.15, 0.2) is 0 Å². The van der Waals surface area contributed by atoms with Crippen LogP contribution in [0.2, 0.25) is 0 Å². The second kappa shape index (κ2) is 9.20. The fourth-order valence-electron chi connectivity index (χ4n) is 4.25. The lowest BCUT2D eigenvalue weighted by atomic mass is 10.1. The molecule has 0 radical (unpaired) electrons. The van der Waals surface area contributed by atoms with Crippen molar-refractivity contribution in [3.63, 3.8) is 0 Å². The topological polar surface area (TPSA) is 80.6 Å². The molecule has 2 aromatic carbocycles. The molecule has 0 saturated carbocycles. The molecule has 1 saturated heterocycles. The Kier molecular flexibility index (Phi) is 6.32. The van der Waals surface area contributed by atoms with Gasteiger partial charge in [-0.25, -0.2) is 0 Å². The van der Waals surface area contributed by atoms with E-state index in [2.05, 4.69) is 10.1 Å². The number of halogens is 3. The van der Waals surface area contributed by atoms with E-state index in [1.807, 2.05) is 18.2 Å². The van der Waals surface area contributed by atoms with Crippen LogP contribution in [-0.4, -0.2) is 46.1 Å². The summed E-state index contributed by atoms with van der Waals surface area (Å²) in [5.41, 5.74) is 1.52. The smallest absolute Gasteiger partial charge is 0.406 e. The molecule has 2 heterocycles. The summed E-state index contributed by atoms with van der Waals surface area (Å²) in [6.45, 7) is 1.83. The van der Waals surface area contributed by atoms with Crippen LogP contribution in [0.4, 0.5) is 18.9 Å². The van der Waals surface area contributed by atoms with E-state index in [1.54, 1.807) is 12.3 Å². The summed E-state index contributed by atoms with van der Waals surface area (Å²) >= 11 is 0. The summed E-state index contributed by atoms with van der Waals surface area (Å²) in [7, 11) is 0. The number of hydrogen-bond donors (Lipinski definition) is 1. The maximum atomic E-state index is 13.1. The second-order valence-corrected chi connectivity index (χ2v) is 8.05. The normalized spacial score (nSPS) is 16.0. The molecule has 10 heteroatoms. The zero-order chi connectivity index (χ0) is 24.5. The number of carbonyl (C=O) groups excluding carboxylic acids is 3. The van der Waals surface area contributed by atoms with Crippen LogP contribution in [0.25, 0.3) is 10.9 Å². The Balaban J connectivity index is 1.48. The van der Waals surface area contributed by atoms with Gasteiger partial charge >= 0.3 is 6.36 Å². The van der Waals surface area contributed by atoms with E-state index >= 15 is 0 Å². The highest BCUT2D eigenvalue weighted by molar-refractivity contribution is 5.99. The van der Waals surface area contributed by atoms with Crippen LogP contribution in [0.15, 0.2) is 54.7 Å². The predicted molar refractivity (Wildman–Crippen MR) is 118 cm³/mol. The molecular formula is C24H22F3N3O4. The quantitative estimate of drug-likeness (QED) is 0.597. The minimum absolute atomic E-state index is 0.0134. The molecule has 0 unspecified atom stereocenters. The van der Waals surface area contributed by atoms with Crippen LogP contribution in [0, 0.1) is 0 Å². The van der Waals surface area contributed by atoms with Gasteiger partial charge in [-0.1, -0.05) is 24.3 Å². The van der Waals surface area contributed by atoms with Crippen molar-refractivity contribution in [3.8, 4) is 5.75 Å². The Morgan fingerprint density at radius 2 is 1.88 bits per heavy atom. The van der Waals surface area contributed by atoms with E-state index in [4.69, 9.17) is 0 Å². The van der Waals surface area contributed by atoms with Crippen molar-refractivity contribution in [2.45, 2.75) is 38.6 Å². The van der Waals surface area contributed by atoms with Crippen LogP contribution >= 0.6 is 0 Å². The van der Waals surface area contributed by atoms with Gasteiger partial charge in [0, 0.05) is 36.8 Å². The van der Waals surface area contributed by atoms with Gasteiger partial charge in [-0.05, 0) is 36.6 Å². The maximum absolute atomic E-state index is 13.1. The molecule has 1 aromatic heterocycles. The van der Waals surface area contributed by atoms with E-state index in [9.17, 15) is 27.6 Å². The summed E-state index contributed by atoms with van der Waals surface area (Å²) in [5.74, 6) is -1.38. The van der Waals surface area contributed by atoms with Gasteiger partial charge in [0.1, 0.15) is 11.8 Å². The van der Waals surface area contributed by atoms with Crippen LogP contribution in [0.1, 0.15) is 30.1 Å². The van der Waals surface area contributed by atoms with Crippen molar-refractivity contribution in [2.24, 2.45) is 0 Å². The first-order chi connectivity index (χ1) is 16.1. The van der Waals surface area contributed by atoms with Crippen molar-refractivity contribution in [1.29, 1.82) is 0 Å². The molecule has 1 aliphatic heterocycles. The minimum Gasteiger partial charge on any atom is -0.406 e. The van der Waals surface area contributed by atoms with Gasteiger partial charge in [0.2, 0.25) is 17.7 Å². The first-order valence-electron chi connectivity index (χ1n) is 10.7. The Hall–Kier alpha value is -3.82. The average Bonchev–Trinajstić information content (AvgIpc) is 3.38. The Bertz CT molecular complexity index is 1250. The Morgan fingerprint density at radius 1 is 1.12 bits per heavy atom. The van der Waals surface area contributed by atoms with Crippen LogP contribution in [0.3, 0.4) is 0 Å². The number of nitrogens with one attached hydrogen (secondary N) is 1. The molecule has 0 aliphatic carbocycles. The molecule has 4 rings (SSSR count). The number of ether oxygens (including phenoxy) is 1. The monoisotopic (exact) mass is 473 g/mol. The highest BCUT2D eigenvalue weighted by atomic mass is 19.4. The summed E-state index contributed by atoms with van der Waals surface area (Å²) < 4.78 is 42.8. The number of likely N-dealkylation sites (tertiary alicyclic amines) is 1. The van der Waals surface area contributed by atoms with E-state index in [0.29, 0.717) is 30.5 Å². The third-order valence-corrected chi connectivity index (χ3v) is 5.69. The van der Waals surface area contributed by atoms with Crippen molar-refractivity contribution < 1.29 is 32.3 Å². The number of anilines is 1. The minimum atomic E-state index is -4.84. The van der Waals surface area contributed by atoms with Gasteiger partial charge < -0.3 is 15.0 Å². The number of fused-ring (bicyclic) bond motifs is 1. The van der Waals surface area contributed by atoms with E-state index in [-0.39, 0.29) is 23.9 Å².